The summed E-state index contributed by atoms with van der Waals surface area (Å²) in [5.74, 6) is 0. The molecule has 1 atom stereocenters. The maximum Gasteiger partial charge on any atom is 0.472 e. The lowest BCUT2D eigenvalue weighted by Crippen LogP contribution is -2.35. The first-order valence-electron chi connectivity index (χ1n) is 23.6. The van der Waals surface area contributed by atoms with E-state index in [2.05, 4.69) is 35.0 Å². The van der Waals surface area contributed by atoms with Gasteiger partial charge in [0.2, 0.25) is 0 Å². The lowest BCUT2D eigenvalue weighted by atomic mass is 9.94. The van der Waals surface area contributed by atoms with Gasteiger partial charge in [-0.3, -0.25) is 9.05 Å². The van der Waals surface area contributed by atoms with Crippen molar-refractivity contribution in [3.63, 3.8) is 0 Å². The van der Waals surface area contributed by atoms with E-state index in [0.717, 1.165) is 49.6 Å². The molecule has 7 nitrogen and oxygen atoms in total. The number of phosphoric ester groups is 1. The summed E-state index contributed by atoms with van der Waals surface area (Å²) in [4.78, 5) is 10.4. The summed E-state index contributed by atoms with van der Waals surface area (Å²) in [6.45, 7) is 10.3. The van der Waals surface area contributed by atoms with Crippen molar-refractivity contribution in [1.29, 1.82) is 0 Å². The van der Waals surface area contributed by atoms with Gasteiger partial charge in [-0.15, -0.1) is 0 Å². The van der Waals surface area contributed by atoms with Crippen LogP contribution >= 0.6 is 7.82 Å². The van der Waals surface area contributed by atoms with Crippen molar-refractivity contribution in [3.8, 4) is 0 Å². The number of hydrogen-bond donors (Lipinski definition) is 1. The highest BCUT2D eigenvalue weighted by atomic mass is 31.2. The van der Waals surface area contributed by atoms with Gasteiger partial charge in [-0.2, -0.15) is 0 Å². The lowest BCUT2D eigenvalue weighted by molar-refractivity contribution is -0.870. The standard InChI is InChI=1S/C46H96NO6P/c1-7-9-11-13-15-17-19-21-23-25-27-29-32-36-40-50-43-46(3,45-53-54(48,49)52-42-38-34-31-35-39-47(4,5)6)44-51-41-37-33-30-28-26-24-22-20-18-16-14-12-10-8-2/h7-45H2,1-6H3/p+1. The number of unbranched alkanes of at least 4 members (excludes halogenated alkanes) is 29. The normalized spacial score (nSPS) is 13.5. The molecule has 8 heteroatoms. The molecule has 326 valence electrons. The molecule has 0 saturated heterocycles. The SMILES string of the molecule is CCCCCCCCCCCCCCCCOCC(C)(COCCCCCCCCCCCCCCCC)COP(=O)(O)OCCCCCC[N+](C)(C)C. The van der Waals surface area contributed by atoms with E-state index >= 15 is 0 Å². The zero-order valence-corrected chi connectivity index (χ0v) is 38.4. The van der Waals surface area contributed by atoms with Crippen LogP contribution in [0.1, 0.15) is 226 Å². The molecule has 1 unspecified atom stereocenters. The molecule has 0 bridgehead atoms. The summed E-state index contributed by atoms with van der Waals surface area (Å²) >= 11 is 0. The topological polar surface area (TPSA) is 74.2 Å². The first-order valence-corrected chi connectivity index (χ1v) is 25.1. The minimum Gasteiger partial charge on any atom is -0.381 e. The van der Waals surface area contributed by atoms with Crippen molar-refractivity contribution < 1.29 is 32.5 Å². The van der Waals surface area contributed by atoms with Gasteiger partial charge in [-0.1, -0.05) is 194 Å². The Bertz CT molecular complexity index is 771. The van der Waals surface area contributed by atoms with Gasteiger partial charge in [-0.05, 0) is 32.1 Å². The molecule has 0 radical (unpaired) electrons. The molecule has 54 heavy (non-hydrogen) atoms. The highest BCUT2D eigenvalue weighted by Gasteiger charge is 2.31. The minimum atomic E-state index is -4.14. The van der Waals surface area contributed by atoms with Crippen LogP contribution in [0.3, 0.4) is 0 Å². The molecule has 0 fully saturated rings. The Morgan fingerprint density at radius 2 is 0.722 bits per heavy atom. The summed E-state index contributed by atoms with van der Waals surface area (Å²) in [5.41, 5.74) is -0.515. The van der Waals surface area contributed by atoms with E-state index in [-0.39, 0.29) is 13.2 Å². The number of phosphoric acid groups is 1. The highest BCUT2D eigenvalue weighted by molar-refractivity contribution is 7.47. The van der Waals surface area contributed by atoms with Gasteiger partial charge in [0.25, 0.3) is 0 Å². The van der Waals surface area contributed by atoms with Crippen LogP contribution in [0.25, 0.3) is 0 Å². The number of quaternary nitrogens is 1. The Hall–Kier alpha value is -0.0100. The van der Waals surface area contributed by atoms with E-state index in [9.17, 15) is 9.46 Å². The van der Waals surface area contributed by atoms with E-state index in [1.165, 1.54) is 167 Å². The Morgan fingerprint density at radius 3 is 1.06 bits per heavy atom. The summed E-state index contributed by atoms with van der Waals surface area (Å²) in [6, 6.07) is 0. The molecule has 0 rings (SSSR count). The second-order valence-electron chi connectivity index (χ2n) is 18.1. The molecule has 0 saturated carbocycles. The molecule has 0 aliphatic carbocycles. The molecular formula is C46H97NO6P+. The largest absolute Gasteiger partial charge is 0.472 e. The van der Waals surface area contributed by atoms with Crippen LogP contribution in [0.2, 0.25) is 0 Å². The van der Waals surface area contributed by atoms with Gasteiger partial charge in [0.05, 0.1) is 54.1 Å². The van der Waals surface area contributed by atoms with Crippen molar-refractivity contribution >= 4 is 7.82 Å². The van der Waals surface area contributed by atoms with Crippen LogP contribution < -0.4 is 0 Å². The average molecular weight is 791 g/mol. The average Bonchev–Trinajstić information content (AvgIpc) is 3.13. The number of nitrogens with zero attached hydrogens (tertiary/aromatic N) is 1. The first kappa shape index (κ1) is 54.0. The Labute approximate surface area is 338 Å². The fraction of sp³-hybridized carbons (Fsp3) is 1.00. The highest BCUT2D eigenvalue weighted by Crippen LogP contribution is 2.45. The molecular weight excluding hydrogens is 693 g/mol. The van der Waals surface area contributed by atoms with Crippen molar-refractivity contribution in [1.82, 2.24) is 0 Å². The van der Waals surface area contributed by atoms with Gasteiger partial charge in [0.15, 0.2) is 0 Å². The summed E-state index contributed by atoms with van der Waals surface area (Å²) in [5, 5.41) is 0. The van der Waals surface area contributed by atoms with Crippen LogP contribution in [0.5, 0.6) is 0 Å². The van der Waals surface area contributed by atoms with Gasteiger partial charge < -0.3 is 18.9 Å². The molecule has 0 aliphatic rings. The molecule has 0 heterocycles. The van der Waals surface area contributed by atoms with Crippen LogP contribution in [0.15, 0.2) is 0 Å². The van der Waals surface area contributed by atoms with Crippen molar-refractivity contribution in [2.75, 3.05) is 67.3 Å². The zero-order chi connectivity index (χ0) is 39.9. The van der Waals surface area contributed by atoms with Crippen molar-refractivity contribution in [3.05, 3.63) is 0 Å². The molecule has 0 aromatic heterocycles. The first-order chi connectivity index (χ1) is 26.0. The van der Waals surface area contributed by atoms with E-state index in [1.807, 2.05) is 6.92 Å². The monoisotopic (exact) mass is 791 g/mol. The number of rotatable bonds is 45. The third-order valence-electron chi connectivity index (χ3n) is 10.7. The second-order valence-corrected chi connectivity index (χ2v) is 19.6. The summed E-state index contributed by atoms with van der Waals surface area (Å²) in [7, 11) is 2.47. The molecule has 1 N–H and O–H groups in total. The Kier molecular flexibility index (Phi) is 38.5. The van der Waals surface area contributed by atoms with Crippen molar-refractivity contribution in [2.24, 2.45) is 5.41 Å². The van der Waals surface area contributed by atoms with Gasteiger partial charge in [0.1, 0.15) is 0 Å². The predicted molar refractivity (Wildman–Crippen MR) is 233 cm³/mol. The zero-order valence-electron chi connectivity index (χ0n) is 37.5. The third kappa shape index (κ3) is 41.6. The van der Waals surface area contributed by atoms with Crippen molar-refractivity contribution in [2.45, 2.75) is 226 Å². The van der Waals surface area contributed by atoms with E-state index in [0.29, 0.717) is 26.4 Å². The van der Waals surface area contributed by atoms with E-state index < -0.39 is 13.2 Å². The maximum atomic E-state index is 12.8. The quantitative estimate of drug-likeness (QED) is 0.0376. The maximum absolute atomic E-state index is 12.8. The van der Waals surface area contributed by atoms with Crippen LogP contribution in [0.4, 0.5) is 0 Å². The molecule has 0 aliphatic heterocycles. The van der Waals surface area contributed by atoms with Gasteiger partial charge >= 0.3 is 7.82 Å². The molecule has 0 spiro atoms. The third-order valence-corrected chi connectivity index (χ3v) is 11.7. The minimum absolute atomic E-state index is 0.0712. The van der Waals surface area contributed by atoms with Gasteiger partial charge in [0, 0.05) is 18.6 Å². The number of ether oxygens (including phenoxy) is 2. The molecule has 0 amide bonds. The fourth-order valence-corrected chi connectivity index (χ4v) is 7.96. The summed E-state index contributed by atoms with van der Waals surface area (Å²) < 4.78 is 36.9. The van der Waals surface area contributed by atoms with Crippen LogP contribution in [-0.4, -0.2) is 76.7 Å². The lowest BCUT2D eigenvalue weighted by Gasteiger charge is -2.29. The smallest absolute Gasteiger partial charge is 0.381 e. The van der Waals surface area contributed by atoms with Gasteiger partial charge in [-0.25, -0.2) is 4.57 Å². The summed E-state index contributed by atoms with van der Waals surface area (Å²) in [6.07, 6.45) is 41.4. The van der Waals surface area contributed by atoms with E-state index in [1.54, 1.807) is 0 Å². The number of hydrogen-bond acceptors (Lipinski definition) is 5. The van der Waals surface area contributed by atoms with E-state index in [4.69, 9.17) is 18.5 Å². The van der Waals surface area contributed by atoms with Crippen LogP contribution in [0, 0.1) is 5.41 Å². The predicted octanol–water partition coefficient (Wildman–Crippen LogP) is 14.4. The van der Waals surface area contributed by atoms with Crippen LogP contribution in [-0.2, 0) is 23.1 Å². The second kappa shape index (κ2) is 38.5. The Balaban J connectivity index is 4.32. The Morgan fingerprint density at radius 1 is 0.426 bits per heavy atom. The molecule has 0 aromatic carbocycles. The molecule has 0 aromatic rings. The fourth-order valence-electron chi connectivity index (χ4n) is 7.06.